The van der Waals surface area contributed by atoms with Crippen molar-refractivity contribution in [1.29, 1.82) is 0 Å². The third kappa shape index (κ3) is 6.29. The van der Waals surface area contributed by atoms with Crippen LogP contribution in [0.4, 0.5) is 28.0 Å². The number of anilines is 1. The molecule has 0 aliphatic heterocycles. The average molecular weight is 477 g/mol. The highest BCUT2D eigenvalue weighted by Crippen LogP contribution is 2.49. The van der Waals surface area contributed by atoms with Crippen molar-refractivity contribution in [3.8, 4) is 0 Å². The second kappa shape index (κ2) is 9.38. The lowest BCUT2D eigenvalue weighted by molar-refractivity contribution is -0.139. The van der Waals surface area contributed by atoms with E-state index in [4.69, 9.17) is 9.47 Å². The molecule has 1 fully saturated rings. The van der Waals surface area contributed by atoms with E-state index in [1.165, 1.54) is 0 Å². The Bertz CT molecular complexity index is 894. The molecule has 1 aliphatic carbocycles. The van der Waals surface area contributed by atoms with Crippen molar-refractivity contribution in [2.45, 2.75) is 78.7 Å². The summed E-state index contributed by atoms with van der Waals surface area (Å²) >= 11 is 0. The van der Waals surface area contributed by atoms with Gasteiger partial charge in [-0.05, 0) is 64.5 Å². The Labute approximate surface area is 191 Å². The van der Waals surface area contributed by atoms with Crippen LogP contribution in [0.25, 0.3) is 0 Å². The van der Waals surface area contributed by atoms with Crippen molar-refractivity contribution >= 4 is 17.7 Å². The molecule has 1 amide bonds. The number of benzene rings is 1. The molecule has 1 aliphatic rings. The van der Waals surface area contributed by atoms with E-state index >= 15 is 0 Å². The van der Waals surface area contributed by atoms with Gasteiger partial charge in [-0.3, -0.25) is 0 Å². The smallest absolute Gasteiger partial charge is 0.421 e. The quantitative estimate of drug-likeness (QED) is 0.403. The van der Waals surface area contributed by atoms with Crippen LogP contribution in [0.3, 0.4) is 0 Å². The highest BCUT2D eigenvalue weighted by molar-refractivity contribution is 5.91. The van der Waals surface area contributed by atoms with E-state index in [1.807, 2.05) is 13.8 Å². The van der Waals surface area contributed by atoms with Crippen LogP contribution in [0.1, 0.15) is 70.8 Å². The Hall–Kier alpha value is -2.52. The van der Waals surface area contributed by atoms with Gasteiger partial charge in [0.1, 0.15) is 17.0 Å². The predicted molar refractivity (Wildman–Crippen MR) is 115 cm³/mol. The lowest BCUT2D eigenvalue weighted by Gasteiger charge is -2.54. The molecule has 0 radical (unpaired) electrons. The first kappa shape index (κ1) is 26.7. The number of hydrogen-bond acceptors (Lipinski definition) is 5. The average Bonchev–Trinajstić information content (AvgIpc) is 2.61. The zero-order valence-corrected chi connectivity index (χ0v) is 19.9. The molecule has 33 heavy (non-hydrogen) atoms. The number of esters is 1. The van der Waals surface area contributed by atoms with Gasteiger partial charge in [-0.2, -0.15) is 13.2 Å². The number of rotatable bonds is 6. The predicted octanol–water partition coefficient (Wildman–Crippen LogP) is 5.76. The molecule has 1 aromatic carbocycles. The maximum absolute atomic E-state index is 14.4. The fraction of sp³-hybridized carbons (Fsp3) is 0.652. The summed E-state index contributed by atoms with van der Waals surface area (Å²) in [6.45, 7) is 12.2. The van der Waals surface area contributed by atoms with Crippen LogP contribution >= 0.6 is 0 Å². The standard InChI is InChI=1S/C23H32F4N2O4/c1-8-32-19(30)13-9-15(24)18(23(25,26)27)16(10-13)28-12(2)14-11-17(22(14,6)7)29-20(31)33-21(3,4)5/h9-10,12,14,17,28H,8,11H2,1-7H3,(H,29,31)/t12-,14-,17-/m0/s1. The summed E-state index contributed by atoms with van der Waals surface area (Å²) in [6, 6.07) is 0.730. The molecule has 1 aromatic rings. The normalized spacial score (nSPS) is 20.9. The van der Waals surface area contributed by atoms with Gasteiger partial charge in [0.15, 0.2) is 0 Å². The van der Waals surface area contributed by atoms with Gasteiger partial charge < -0.3 is 20.1 Å². The maximum atomic E-state index is 14.4. The number of alkyl halides is 3. The first-order valence-corrected chi connectivity index (χ1v) is 10.8. The molecule has 186 valence electrons. The van der Waals surface area contributed by atoms with E-state index in [9.17, 15) is 27.2 Å². The summed E-state index contributed by atoms with van der Waals surface area (Å²) in [4.78, 5) is 24.1. The van der Waals surface area contributed by atoms with Gasteiger partial charge in [0.2, 0.25) is 0 Å². The lowest BCUT2D eigenvalue weighted by atomic mass is 9.56. The Kier molecular flexibility index (Phi) is 7.60. The third-order valence-corrected chi connectivity index (χ3v) is 5.91. The lowest BCUT2D eigenvalue weighted by Crippen LogP contribution is -2.62. The van der Waals surface area contributed by atoms with Gasteiger partial charge in [-0.25, -0.2) is 14.0 Å². The number of amides is 1. The van der Waals surface area contributed by atoms with E-state index in [2.05, 4.69) is 10.6 Å². The molecule has 3 atom stereocenters. The zero-order valence-electron chi connectivity index (χ0n) is 19.9. The first-order valence-electron chi connectivity index (χ1n) is 10.8. The number of carbonyl (C=O) groups excluding carboxylic acids is 2. The van der Waals surface area contributed by atoms with Crippen LogP contribution in [-0.4, -0.2) is 36.4 Å². The topological polar surface area (TPSA) is 76.7 Å². The molecule has 1 saturated carbocycles. The second-order valence-electron chi connectivity index (χ2n) is 9.89. The van der Waals surface area contributed by atoms with E-state index in [-0.39, 0.29) is 24.1 Å². The SMILES string of the molecule is CCOC(=O)c1cc(F)c(C(F)(F)F)c(N[C@@H](C)[C@@H]2C[C@H](NC(=O)OC(C)(C)C)C2(C)C)c1. The molecule has 0 spiro atoms. The second-order valence-corrected chi connectivity index (χ2v) is 9.89. The van der Waals surface area contributed by atoms with Crippen LogP contribution < -0.4 is 10.6 Å². The summed E-state index contributed by atoms with van der Waals surface area (Å²) in [5.74, 6) is -2.61. The molecule has 2 rings (SSSR count). The largest absolute Gasteiger partial charge is 0.462 e. The summed E-state index contributed by atoms with van der Waals surface area (Å²) in [5.41, 5.74) is -3.44. The first-order chi connectivity index (χ1) is 15.0. The monoisotopic (exact) mass is 476 g/mol. The fourth-order valence-electron chi connectivity index (χ4n) is 4.19. The number of alkyl carbamates (subject to hydrolysis) is 1. The molecule has 0 bridgehead atoms. The van der Waals surface area contributed by atoms with Gasteiger partial charge in [0, 0.05) is 12.1 Å². The third-order valence-electron chi connectivity index (χ3n) is 5.91. The van der Waals surface area contributed by atoms with Gasteiger partial charge in [-0.15, -0.1) is 0 Å². The summed E-state index contributed by atoms with van der Waals surface area (Å²) < 4.78 is 65.2. The van der Waals surface area contributed by atoms with Crippen molar-refractivity contribution < 1.29 is 36.6 Å². The van der Waals surface area contributed by atoms with Crippen molar-refractivity contribution in [2.24, 2.45) is 11.3 Å². The molecule has 2 N–H and O–H groups in total. The number of ether oxygens (including phenoxy) is 2. The molecule has 0 aromatic heterocycles. The Morgan fingerprint density at radius 3 is 2.30 bits per heavy atom. The van der Waals surface area contributed by atoms with E-state index < -0.39 is 52.4 Å². The van der Waals surface area contributed by atoms with Crippen molar-refractivity contribution in [2.75, 3.05) is 11.9 Å². The Morgan fingerprint density at radius 1 is 1.21 bits per heavy atom. The zero-order chi connectivity index (χ0) is 25.4. The van der Waals surface area contributed by atoms with Crippen LogP contribution in [0.5, 0.6) is 0 Å². The number of nitrogens with one attached hydrogen (secondary N) is 2. The molecule has 0 unspecified atom stereocenters. The molecule has 0 saturated heterocycles. The van der Waals surface area contributed by atoms with Crippen molar-refractivity contribution in [3.63, 3.8) is 0 Å². The molecule has 10 heteroatoms. The van der Waals surface area contributed by atoms with Crippen LogP contribution in [0.2, 0.25) is 0 Å². The molecular weight excluding hydrogens is 444 g/mol. The maximum Gasteiger partial charge on any atom is 0.421 e. The number of halogens is 4. The molecule has 0 heterocycles. The van der Waals surface area contributed by atoms with E-state index in [0.29, 0.717) is 12.5 Å². The highest BCUT2D eigenvalue weighted by atomic mass is 19.4. The van der Waals surface area contributed by atoms with Crippen LogP contribution in [0.15, 0.2) is 12.1 Å². The number of hydrogen-bond donors (Lipinski definition) is 2. The molecule has 6 nitrogen and oxygen atoms in total. The van der Waals surface area contributed by atoms with E-state index in [1.54, 1.807) is 34.6 Å². The summed E-state index contributed by atoms with van der Waals surface area (Å²) in [5, 5.41) is 5.56. The Morgan fingerprint density at radius 2 is 1.82 bits per heavy atom. The number of carbonyl (C=O) groups is 2. The Balaban J connectivity index is 2.23. The van der Waals surface area contributed by atoms with Crippen molar-refractivity contribution in [1.82, 2.24) is 5.32 Å². The van der Waals surface area contributed by atoms with E-state index in [0.717, 1.165) is 6.07 Å². The summed E-state index contributed by atoms with van der Waals surface area (Å²) in [7, 11) is 0. The van der Waals surface area contributed by atoms with Crippen LogP contribution in [0, 0.1) is 17.2 Å². The minimum atomic E-state index is -4.96. The van der Waals surface area contributed by atoms with Crippen LogP contribution in [-0.2, 0) is 15.7 Å². The molecular formula is C23H32F4N2O4. The minimum absolute atomic E-state index is 0.00292. The summed E-state index contributed by atoms with van der Waals surface area (Å²) in [6.07, 6.45) is -5.04. The van der Waals surface area contributed by atoms with Gasteiger partial charge >= 0.3 is 18.2 Å². The fourth-order valence-corrected chi connectivity index (χ4v) is 4.19. The van der Waals surface area contributed by atoms with Gasteiger partial charge in [0.25, 0.3) is 0 Å². The van der Waals surface area contributed by atoms with Gasteiger partial charge in [0.05, 0.1) is 17.9 Å². The van der Waals surface area contributed by atoms with Crippen molar-refractivity contribution in [3.05, 3.63) is 29.1 Å². The highest BCUT2D eigenvalue weighted by Gasteiger charge is 2.51. The van der Waals surface area contributed by atoms with Gasteiger partial charge in [-0.1, -0.05) is 13.8 Å². The minimum Gasteiger partial charge on any atom is -0.462 e.